The minimum Gasteiger partial charge on any atom is -0.396 e. The van der Waals surface area contributed by atoms with Gasteiger partial charge in [0.2, 0.25) is 0 Å². The minimum atomic E-state index is -1.23. The molecule has 0 aromatic heterocycles. The van der Waals surface area contributed by atoms with E-state index < -0.39 is 41.7 Å². The van der Waals surface area contributed by atoms with E-state index in [-0.39, 0.29) is 19.6 Å². The second-order valence-electron chi connectivity index (χ2n) is 6.34. The third-order valence-corrected chi connectivity index (χ3v) is 4.07. The van der Waals surface area contributed by atoms with Gasteiger partial charge in [-0.3, -0.25) is 0 Å². The van der Waals surface area contributed by atoms with Crippen LogP contribution in [0, 0.1) is 17.3 Å². The van der Waals surface area contributed by atoms with Gasteiger partial charge in [0.25, 0.3) is 0 Å². The zero-order valence-electron chi connectivity index (χ0n) is 12.8. The number of hydrogen-bond acceptors (Lipinski definition) is 6. The lowest BCUT2D eigenvalue weighted by molar-refractivity contribution is -0.119. The van der Waals surface area contributed by atoms with Crippen molar-refractivity contribution in [2.75, 3.05) is 13.2 Å². The summed E-state index contributed by atoms with van der Waals surface area (Å²) in [6.07, 6.45) is -4.27. The predicted octanol–water partition coefficient (Wildman–Crippen LogP) is -0.897. The van der Waals surface area contributed by atoms with Gasteiger partial charge < -0.3 is 30.6 Å². The van der Waals surface area contributed by atoms with Crippen molar-refractivity contribution in [1.29, 1.82) is 0 Å². The van der Waals surface area contributed by atoms with E-state index in [1.807, 2.05) is 0 Å². The van der Waals surface area contributed by atoms with Crippen molar-refractivity contribution in [2.24, 2.45) is 17.3 Å². The SMILES string of the molecule is CC(O)C(O)C(C(O)CCO)C(C)C(O)C(C)(C)CO. The number of aliphatic hydroxyl groups is 6. The van der Waals surface area contributed by atoms with E-state index in [2.05, 4.69) is 0 Å². The highest BCUT2D eigenvalue weighted by Gasteiger charge is 2.42. The zero-order valence-corrected chi connectivity index (χ0v) is 12.8. The predicted molar refractivity (Wildman–Crippen MR) is 74.9 cm³/mol. The maximum absolute atomic E-state index is 10.3. The van der Waals surface area contributed by atoms with Crippen molar-refractivity contribution < 1.29 is 30.6 Å². The highest BCUT2D eigenvalue weighted by atomic mass is 16.3. The third kappa shape index (κ3) is 4.95. The third-order valence-electron chi connectivity index (χ3n) is 4.07. The molecule has 122 valence electrons. The summed E-state index contributed by atoms with van der Waals surface area (Å²) in [7, 11) is 0. The first-order valence-corrected chi connectivity index (χ1v) is 7.04. The van der Waals surface area contributed by atoms with Crippen LogP contribution in [0.2, 0.25) is 0 Å². The van der Waals surface area contributed by atoms with Crippen LogP contribution in [0.1, 0.15) is 34.1 Å². The lowest BCUT2D eigenvalue weighted by atomic mass is 9.71. The van der Waals surface area contributed by atoms with Crippen LogP contribution in [0.3, 0.4) is 0 Å². The largest absolute Gasteiger partial charge is 0.396 e. The Morgan fingerprint density at radius 2 is 1.45 bits per heavy atom. The molecule has 20 heavy (non-hydrogen) atoms. The summed E-state index contributed by atoms with van der Waals surface area (Å²) in [5.74, 6) is -1.37. The average Bonchev–Trinajstić information content (AvgIpc) is 2.37. The first kappa shape index (κ1) is 19.8. The molecule has 0 rings (SSSR count). The van der Waals surface area contributed by atoms with Crippen molar-refractivity contribution in [3.63, 3.8) is 0 Å². The quantitative estimate of drug-likeness (QED) is 0.328. The fourth-order valence-corrected chi connectivity index (χ4v) is 2.55. The van der Waals surface area contributed by atoms with Gasteiger partial charge in [-0.2, -0.15) is 0 Å². The summed E-state index contributed by atoms with van der Waals surface area (Å²) in [4.78, 5) is 0. The standard InChI is InChI=1S/C14H30O6/c1-8(13(20)14(3,4)7-16)11(10(18)5-6-15)12(19)9(2)17/h8-13,15-20H,5-7H2,1-4H3. The zero-order chi connectivity index (χ0) is 16.1. The molecule has 0 aliphatic rings. The van der Waals surface area contributed by atoms with E-state index in [0.717, 1.165) is 0 Å². The molecule has 6 N–H and O–H groups in total. The molecule has 0 saturated heterocycles. The number of hydrogen-bond donors (Lipinski definition) is 6. The lowest BCUT2D eigenvalue weighted by Crippen LogP contribution is -2.49. The molecule has 0 bridgehead atoms. The molecule has 6 unspecified atom stereocenters. The normalized spacial score (nSPS) is 21.9. The van der Waals surface area contributed by atoms with E-state index in [0.29, 0.717) is 0 Å². The fourth-order valence-electron chi connectivity index (χ4n) is 2.55. The van der Waals surface area contributed by atoms with Crippen LogP contribution in [0.5, 0.6) is 0 Å². The molecule has 6 heteroatoms. The molecule has 0 aromatic carbocycles. The first-order valence-electron chi connectivity index (χ1n) is 7.04. The smallest absolute Gasteiger partial charge is 0.0852 e. The second-order valence-corrected chi connectivity index (χ2v) is 6.34. The minimum absolute atomic E-state index is 0.0467. The average molecular weight is 294 g/mol. The van der Waals surface area contributed by atoms with E-state index in [9.17, 15) is 25.5 Å². The second kappa shape index (κ2) is 8.26. The monoisotopic (exact) mass is 294 g/mol. The molecule has 0 radical (unpaired) electrons. The molecule has 0 aliphatic heterocycles. The van der Waals surface area contributed by atoms with E-state index in [1.165, 1.54) is 6.92 Å². The van der Waals surface area contributed by atoms with Gasteiger partial charge in [-0.25, -0.2) is 0 Å². The highest BCUT2D eigenvalue weighted by Crippen LogP contribution is 2.34. The molecular formula is C14H30O6. The Labute approximate surface area is 120 Å². The molecular weight excluding hydrogens is 264 g/mol. The summed E-state index contributed by atoms with van der Waals surface area (Å²) in [6, 6.07) is 0. The van der Waals surface area contributed by atoms with Gasteiger partial charge in [0.15, 0.2) is 0 Å². The van der Waals surface area contributed by atoms with Gasteiger partial charge in [0.1, 0.15) is 0 Å². The Morgan fingerprint density at radius 3 is 1.80 bits per heavy atom. The molecule has 0 heterocycles. The number of rotatable bonds is 9. The molecule has 0 fully saturated rings. The van der Waals surface area contributed by atoms with Gasteiger partial charge >= 0.3 is 0 Å². The fraction of sp³-hybridized carbons (Fsp3) is 1.00. The molecule has 0 saturated carbocycles. The molecule has 6 atom stereocenters. The van der Waals surface area contributed by atoms with E-state index >= 15 is 0 Å². The molecule has 0 amide bonds. The summed E-state index contributed by atoms with van der Waals surface area (Å²) < 4.78 is 0. The van der Waals surface area contributed by atoms with Crippen molar-refractivity contribution in [3.05, 3.63) is 0 Å². The highest BCUT2D eigenvalue weighted by molar-refractivity contribution is 4.91. The van der Waals surface area contributed by atoms with Crippen molar-refractivity contribution in [1.82, 2.24) is 0 Å². The Hall–Kier alpha value is -0.240. The van der Waals surface area contributed by atoms with E-state index in [4.69, 9.17) is 5.11 Å². The first-order chi connectivity index (χ1) is 9.10. The molecule has 6 nitrogen and oxygen atoms in total. The van der Waals surface area contributed by atoms with E-state index in [1.54, 1.807) is 20.8 Å². The Kier molecular flexibility index (Phi) is 8.16. The summed E-state index contributed by atoms with van der Waals surface area (Å²) in [5.41, 5.74) is -0.797. The van der Waals surface area contributed by atoms with Gasteiger partial charge in [0, 0.05) is 17.9 Å². The maximum Gasteiger partial charge on any atom is 0.0852 e. The van der Waals surface area contributed by atoms with Crippen LogP contribution in [0.25, 0.3) is 0 Å². The lowest BCUT2D eigenvalue weighted by Gasteiger charge is -2.41. The summed E-state index contributed by atoms with van der Waals surface area (Å²) >= 11 is 0. The molecule has 0 spiro atoms. The van der Waals surface area contributed by atoms with Gasteiger partial charge in [-0.15, -0.1) is 0 Å². The topological polar surface area (TPSA) is 121 Å². The van der Waals surface area contributed by atoms with Gasteiger partial charge in [-0.1, -0.05) is 20.8 Å². The van der Waals surface area contributed by atoms with Crippen molar-refractivity contribution in [3.8, 4) is 0 Å². The van der Waals surface area contributed by atoms with Crippen LogP contribution in [0.4, 0.5) is 0 Å². The Morgan fingerprint density at radius 1 is 0.950 bits per heavy atom. The van der Waals surface area contributed by atoms with Crippen LogP contribution in [0.15, 0.2) is 0 Å². The Balaban J connectivity index is 5.20. The summed E-state index contributed by atoms with van der Waals surface area (Å²) in [5, 5.41) is 58.3. The molecule has 0 aromatic rings. The van der Waals surface area contributed by atoms with Crippen LogP contribution in [-0.2, 0) is 0 Å². The van der Waals surface area contributed by atoms with Crippen molar-refractivity contribution >= 4 is 0 Å². The van der Waals surface area contributed by atoms with Crippen LogP contribution in [-0.4, -0.2) is 68.3 Å². The van der Waals surface area contributed by atoms with Gasteiger partial charge in [-0.05, 0) is 19.3 Å². The summed E-state index contributed by atoms with van der Waals surface area (Å²) in [6.45, 7) is 5.91. The molecule has 0 aliphatic carbocycles. The maximum atomic E-state index is 10.3. The Bertz CT molecular complexity index is 268. The van der Waals surface area contributed by atoms with Gasteiger partial charge in [0.05, 0.1) is 31.0 Å². The number of aliphatic hydroxyl groups excluding tert-OH is 6. The van der Waals surface area contributed by atoms with Crippen LogP contribution < -0.4 is 0 Å². The van der Waals surface area contributed by atoms with Crippen molar-refractivity contribution in [2.45, 2.75) is 58.5 Å². The van der Waals surface area contributed by atoms with Crippen LogP contribution >= 0.6 is 0 Å².